The molecule has 0 aliphatic carbocycles. The first-order valence-corrected chi connectivity index (χ1v) is 11.5. The van der Waals surface area contributed by atoms with E-state index in [2.05, 4.69) is 0 Å². The summed E-state index contributed by atoms with van der Waals surface area (Å²) in [6, 6.07) is 28.3. The zero-order valence-corrected chi connectivity index (χ0v) is 19.7. The van der Waals surface area contributed by atoms with Crippen LogP contribution in [0.3, 0.4) is 0 Å². The highest BCUT2D eigenvalue weighted by molar-refractivity contribution is 5.94. The maximum Gasteiger partial charge on any atom is 0.254 e. The Balaban J connectivity index is 1.58. The minimum atomic E-state index is -0.351. The van der Waals surface area contributed by atoms with E-state index in [4.69, 9.17) is 14.3 Å². The van der Waals surface area contributed by atoms with Gasteiger partial charge in [-0.1, -0.05) is 48.5 Å². The maximum atomic E-state index is 13.6. The summed E-state index contributed by atoms with van der Waals surface area (Å²) in [4.78, 5) is 15.3. The summed E-state index contributed by atoms with van der Waals surface area (Å²) in [5.74, 6) is 1.08. The number of hydrogen-bond acceptors (Lipinski definition) is 4. The second-order valence-electron chi connectivity index (χ2n) is 8.28. The molecule has 2 heterocycles. The Morgan fingerprint density at radius 3 is 2.28 bits per heavy atom. The molecule has 0 unspecified atom stereocenters. The molecular weight excluding hydrogens is 457 g/mol. The number of aryl methyl sites for hydroxylation is 1. The van der Waals surface area contributed by atoms with Crippen molar-refractivity contribution in [3.63, 3.8) is 0 Å². The van der Waals surface area contributed by atoms with Crippen LogP contribution in [0.4, 0.5) is 4.39 Å². The molecule has 2 aromatic heterocycles. The normalized spacial score (nSPS) is 10.8. The Morgan fingerprint density at radius 2 is 1.61 bits per heavy atom. The third kappa shape index (κ3) is 5.05. The number of benzene rings is 3. The van der Waals surface area contributed by atoms with Crippen LogP contribution in [-0.4, -0.2) is 20.6 Å². The van der Waals surface area contributed by atoms with Crippen molar-refractivity contribution in [3.05, 3.63) is 126 Å². The van der Waals surface area contributed by atoms with Crippen LogP contribution in [0.25, 0.3) is 11.3 Å². The van der Waals surface area contributed by atoms with Gasteiger partial charge in [-0.3, -0.25) is 4.79 Å². The summed E-state index contributed by atoms with van der Waals surface area (Å²) in [5, 5.41) is 4.73. The van der Waals surface area contributed by atoms with Crippen molar-refractivity contribution < 1.29 is 18.3 Å². The molecule has 1 amide bonds. The van der Waals surface area contributed by atoms with Gasteiger partial charge in [0.25, 0.3) is 5.91 Å². The lowest BCUT2D eigenvalue weighted by Gasteiger charge is -2.23. The van der Waals surface area contributed by atoms with E-state index in [9.17, 15) is 9.18 Å². The molecule has 0 N–H and O–H groups in total. The van der Waals surface area contributed by atoms with Crippen molar-refractivity contribution in [1.29, 1.82) is 0 Å². The molecule has 0 aliphatic heterocycles. The molecule has 0 saturated heterocycles. The number of furan rings is 1. The number of carbonyl (C=O) groups is 1. The monoisotopic (exact) mass is 481 g/mol. The molecule has 5 rings (SSSR count). The fourth-order valence-electron chi connectivity index (χ4n) is 4.01. The van der Waals surface area contributed by atoms with E-state index < -0.39 is 0 Å². The standard InChI is InChI=1S/C29H24FN3O3/c1-32-29(36-24-16-14-23(30)15-17-24)26(27(31-32)21-9-4-2-5-10-21)20-33(19-25-13-8-18-35-25)28(34)22-11-6-3-7-12-22/h2-18H,19-20H2,1H3. The Labute approximate surface area is 208 Å². The Kier molecular flexibility index (Phi) is 6.62. The molecule has 0 saturated carbocycles. The molecule has 5 aromatic rings. The molecule has 36 heavy (non-hydrogen) atoms. The molecule has 7 heteroatoms. The SMILES string of the molecule is Cn1nc(-c2ccccc2)c(CN(Cc2ccco2)C(=O)c2ccccc2)c1Oc1ccc(F)cc1. The van der Waals surface area contributed by atoms with E-state index in [-0.39, 0.29) is 24.8 Å². The quantitative estimate of drug-likeness (QED) is 0.255. The summed E-state index contributed by atoms with van der Waals surface area (Å²) >= 11 is 0. The van der Waals surface area contributed by atoms with Gasteiger partial charge in [0.05, 0.1) is 24.9 Å². The molecule has 0 radical (unpaired) electrons. The van der Waals surface area contributed by atoms with Crippen LogP contribution in [0, 0.1) is 5.82 Å². The van der Waals surface area contributed by atoms with Crippen molar-refractivity contribution in [2.75, 3.05) is 0 Å². The van der Waals surface area contributed by atoms with Crippen LogP contribution in [0.1, 0.15) is 21.7 Å². The van der Waals surface area contributed by atoms with Gasteiger partial charge in [0.2, 0.25) is 5.88 Å². The second-order valence-corrected chi connectivity index (χ2v) is 8.28. The number of halogens is 1. The number of aromatic nitrogens is 2. The second kappa shape index (κ2) is 10.3. The van der Waals surface area contributed by atoms with Gasteiger partial charge in [-0.25, -0.2) is 9.07 Å². The number of hydrogen-bond donors (Lipinski definition) is 0. The molecular formula is C29H24FN3O3. The lowest BCUT2D eigenvalue weighted by atomic mass is 10.1. The zero-order valence-electron chi connectivity index (χ0n) is 19.7. The molecule has 0 atom stereocenters. The van der Waals surface area contributed by atoms with Crippen LogP contribution in [0.2, 0.25) is 0 Å². The Hall–Kier alpha value is -4.65. The number of amides is 1. The highest BCUT2D eigenvalue weighted by Crippen LogP contribution is 2.35. The number of carbonyl (C=O) groups excluding carboxylic acids is 1. The van der Waals surface area contributed by atoms with Gasteiger partial charge in [0.1, 0.15) is 23.0 Å². The van der Waals surface area contributed by atoms with Crippen molar-refractivity contribution in [2.45, 2.75) is 13.1 Å². The highest BCUT2D eigenvalue weighted by Gasteiger charge is 2.26. The van der Waals surface area contributed by atoms with Crippen LogP contribution in [0.15, 0.2) is 108 Å². The maximum absolute atomic E-state index is 13.6. The summed E-state index contributed by atoms with van der Waals surface area (Å²) in [6.07, 6.45) is 1.59. The van der Waals surface area contributed by atoms with Gasteiger partial charge >= 0.3 is 0 Å². The first kappa shape index (κ1) is 23.1. The average molecular weight is 482 g/mol. The number of ether oxygens (including phenoxy) is 1. The van der Waals surface area contributed by atoms with Crippen molar-refractivity contribution in [1.82, 2.24) is 14.7 Å². The van der Waals surface area contributed by atoms with E-state index in [0.29, 0.717) is 28.6 Å². The van der Waals surface area contributed by atoms with Crippen molar-refractivity contribution in [2.24, 2.45) is 7.05 Å². The number of nitrogens with zero attached hydrogens (tertiary/aromatic N) is 3. The van der Waals surface area contributed by atoms with E-state index in [1.165, 1.54) is 12.1 Å². The molecule has 0 spiro atoms. The predicted octanol–water partition coefficient (Wildman–Crippen LogP) is 6.45. The largest absolute Gasteiger partial charge is 0.467 e. The fourth-order valence-corrected chi connectivity index (χ4v) is 4.01. The zero-order chi connectivity index (χ0) is 24.9. The smallest absolute Gasteiger partial charge is 0.254 e. The van der Waals surface area contributed by atoms with Gasteiger partial charge in [-0.05, 0) is 48.5 Å². The summed E-state index contributed by atoms with van der Waals surface area (Å²) < 4.78 is 26.9. The number of rotatable bonds is 8. The molecule has 6 nitrogen and oxygen atoms in total. The van der Waals surface area contributed by atoms with Crippen LogP contribution in [0.5, 0.6) is 11.6 Å². The lowest BCUT2D eigenvalue weighted by Crippen LogP contribution is -2.30. The van der Waals surface area contributed by atoms with Gasteiger partial charge in [0, 0.05) is 18.2 Å². The van der Waals surface area contributed by atoms with E-state index in [0.717, 1.165) is 11.1 Å². The first-order valence-electron chi connectivity index (χ1n) is 11.5. The summed E-state index contributed by atoms with van der Waals surface area (Å²) in [6.45, 7) is 0.475. The predicted molar refractivity (Wildman–Crippen MR) is 134 cm³/mol. The summed E-state index contributed by atoms with van der Waals surface area (Å²) in [5.41, 5.74) is 2.88. The average Bonchev–Trinajstić information content (AvgIpc) is 3.54. The first-order chi connectivity index (χ1) is 17.6. The third-order valence-electron chi connectivity index (χ3n) is 5.75. The lowest BCUT2D eigenvalue weighted by molar-refractivity contribution is 0.0717. The van der Waals surface area contributed by atoms with Gasteiger partial charge in [-0.2, -0.15) is 5.10 Å². The molecule has 180 valence electrons. The molecule has 0 bridgehead atoms. The fraction of sp³-hybridized carbons (Fsp3) is 0.103. The highest BCUT2D eigenvalue weighted by atomic mass is 19.1. The van der Waals surface area contributed by atoms with Crippen molar-refractivity contribution >= 4 is 5.91 Å². The van der Waals surface area contributed by atoms with Gasteiger partial charge < -0.3 is 14.1 Å². The van der Waals surface area contributed by atoms with Gasteiger partial charge in [-0.15, -0.1) is 0 Å². The Morgan fingerprint density at radius 1 is 0.917 bits per heavy atom. The van der Waals surface area contributed by atoms with E-state index >= 15 is 0 Å². The summed E-state index contributed by atoms with van der Waals surface area (Å²) in [7, 11) is 1.78. The van der Waals surface area contributed by atoms with Crippen molar-refractivity contribution in [3.8, 4) is 22.9 Å². The molecule has 0 aliphatic rings. The minimum absolute atomic E-state index is 0.150. The van der Waals surface area contributed by atoms with E-state index in [1.807, 2.05) is 54.6 Å². The van der Waals surface area contributed by atoms with Crippen LogP contribution >= 0.6 is 0 Å². The third-order valence-corrected chi connectivity index (χ3v) is 5.75. The Bertz CT molecular complexity index is 1430. The molecule has 0 fully saturated rings. The van der Waals surface area contributed by atoms with E-state index in [1.54, 1.807) is 53.2 Å². The minimum Gasteiger partial charge on any atom is -0.467 e. The van der Waals surface area contributed by atoms with Gasteiger partial charge in [0.15, 0.2) is 0 Å². The molecule has 3 aromatic carbocycles. The van der Waals surface area contributed by atoms with Crippen LogP contribution in [-0.2, 0) is 20.1 Å². The topological polar surface area (TPSA) is 60.5 Å². The van der Waals surface area contributed by atoms with Crippen LogP contribution < -0.4 is 4.74 Å².